The van der Waals surface area contributed by atoms with E-state index in [2.05, 4.69) is 39.3 Å². The summed E-state index contributed by atoms with van der Waals surface area (Å²) in [4.78, 5) is 0. The normalized spacial score (nSPS) is 25.5. The maximum Gasteiger partial charge on any atom is 0.0769 e. The van der Waals surface area contributed by atoms with Crippen LogP contribution < -0.4 is 5.32 Å². The van der Waals surface area contributed by atoms with Crippen LogP contribution in [0.3, 0.4) is 0 Å². The van der Waals surface area contributed by atoms with Crippen LogP contribution in [0.1, 0.15) is 34.1 Å². The van der Waals surface area contributed by atoms with Gasteiger partial charge in [-0.05, 0) is 29.7 Å². The molecule has 2 atom stereocenters. The Labute approximate surface area is 96.2 Å². The molecule has 15 heavy (non-hydrogen) atoms. The van der Waals surface area contributed by atoms with Gasteiger partial charge < -0.3 is 10.4 Å². The molecule has 0 aromatic heterocycles. The van der Waals surface area contributed by atoms with E-state index in [1.807, 2.05) is 0 Å². The average molecular weight is 233 g/mol. The van der Waals surface area contributed by atoms with Crippen LogP contribution in [0.25, 0.3) is 0 Å². The molecular formula is C12H27NOS. The van der Waals surface area contributed by atoms with Gasteiger partial charge in [0.25, 0.3) is 0 Å². The zero-order valence-electron chi connectivity index (χ0n) is 10.8. The number of rotatable bonds is 5. The second kappa shape index (κ2) is 5.07. The molecule has 1 rings (SSSR count). The van der Waals surface area contributed by atoms with Gasteiger partial charge in [0.05, 0.1) is 6.10 Å². The minimum atomic E-state index is -0.683. The van der Waals surface area contributed by atoms with E-state index >= 15 is 0 Å². The molecular weight excluding hydrogens is 206 g/mol. The van der Waals surface area contributed by atoms with Gasteiger partial charge in [0.15, 0.2) is 0 Å². The molecule has 3 heteroatoms. The Bertz CT molecular complexity index is 194. The van der Waals surface area contributed by atoms with Crippen molar-refractivity contribution in [2.75, 3.05) is 18.6 Å². The standard InChI is InChI=1S/C12H27NOS/c1-9(2)15(5,10(3)4)8-12(14)11-6-7-13-11/h9-14H,6-8H2,1-5H3. The van der Waals surface area contributed by atoms with E-state index in [0.29, 0.717) is 16.5 Å². The summed E-state index contributed by atoms with van der Waals surface area (Å²) in [5.74, 6) is 1.00. The van der Waals surface area contributed by atoms with Crippen LogP contribution in [0.15, 0.2) is 0 Å². The predicted octanol–water partition coefficient (Wildman–Crippen LogP) is 1.96. The monoisotopic (exact) mass is 233 g/mol. The number of aliphatic hydroxyl groups excluding tert-OH is 1. The molecule has 0 aliphatic carbocycles. The Morgan fingerprint density at radius 1 is 1.27 bits per heavy atom. The summed E-state index contributed by atoms with van der Waals surface area (Å²) in [6.07, 6.45) is 3.40. The van der Waals surface area contributed by atoms with E-state index < -0.39 is 10.0 Å². The van der Waals surface area contributed by atoms with Gasteiger partial charge in [-0.1, -0.05) is 27.7 Å². The van der Waals surface area contributed by atoms with Crippen LogP contribution in [0, 0.1) is 0 Å². The Hall–Kier alpha value is 0.270. The highest BCUT2D eigenvalue weighted by Crippen LogP contribution is 2.53. The first-order valence-electron chi connectivity index (χ1n) is 6.03. The van der Waals surface area contributed by atoms with E-state index in [4.69, 9.17) is 0 Å². The molecule has 1 saturated heterocycles. The van der Waals surface area contributed by atoms with Gasteiger partial charge in [-0.2, -0.15) is 0 Å². The summed E-state index contributed by atoms with van der Waals surface area (Å²) in [5, 5.41) is 14.9. The summed E-state index contributed by atoms with van der Waals surface area (Å²) in [5.41, 5.74) is 0. The topological polar surface area (TPSA) is 32.3 Å². The third-order valence-electron chi connectivity index (χ3n) is 4.01. The van der Waals surface area contributed by atoms with Crippen molar-refractivity contribution in [3.8, 4) is 0 Å². The Kier molecular flexibility index (Phi) is 4.50. The van der Waals surface area contributed by atoms with Gasteiger partial charge in [-0.25, -0.2) is 10.0 Å². The van der Waals surface area contributed by atoms with Crippen molar-refractivity contribution in [3.05, 3.63) is 0 Å². The highest BCUT2D eigenvalue weighted by atomic mass is 32.3. The third-order valence-corrected chi connectivity index (χ3v) is 9.38. The molecule has 0 radical (unpaired) electrons. The second-order valence-corrected chi connectivity index (χ2v) is 10.1. The van der Waals surface area contributed by atoms with E-state index in [0.717, 1.165) is 18.7 Å². The summed E-state index contributed by atoms with van der Waals surface area (Å²) in [6.45, 7) is 10.3. The highest BCUT2D eigenvalue weighted by molar-refractivity contribution is 8.34. The fourth-order valence-electron chi connectivity index (χ4n) is 2.05. The molecule has 1 fully saturated rings. The van der Waals surface area contributed by atoms with Crippen LogP contribution in [0.2, 0.25) is 0 Å². The zero-order valence-corrected chi connectivity index (χ0v) is 11.6. The van der Waals surface area contributed by atoms with E-state index in [1.165, 1.54) is 0 Å². The quantitative estimate of drug-likeness (QED) is 0.761. The first-order valence-corrected chi connectivity index (χ1v) is 8.36. The van der Waals surface area contributed by atoms with Crippen LogP contribution >= 0.6 is 10.0 Å². The summed E-state index contributed by atoms with van der Waals surface area (Å²) in [6, 6.07) is 0.370. The molecule has 1 heterocycles. The second-order valence-electron chi connectivity index (χ2n) is 5.41. The summed E-state index contributed by atoms with van der Waals surface area (Å²) >= 11 is 0. The molecule has 2 N–H and O–H groups in total. The lowest BCUT2D eigenvalue weighted by molar-refractivity contribution is 0.114. The van der Waals surface area contributed by atoms with Crippen molar-refractivity contribution in [2.24, 2.45) is 0 Å². The Morgan fingerprint density at radius 2 is 1.73 bits per heavy atom. The fraction of sp³-hybridized carbons (Fsp3) is 1.00. The number of hydrogen-bond donors (Lipinski definition) is 2. The SMILES string of the molecule is CC(C)S(C)(CC(O)C1CCN1)C(C)C. The molecule has 0 spiro atoms. The molecule has 0 saturated carbocycles. The van der Waals surface area contributed by atoms with Crippen LogP contribution in [0.5, 0.6) is 0 Å². The van der Waals surface area contributed by atoms with Gasteiger partial charge in [0.2, 0.25) is 0 Å². The lowest BCUT2D eigenvalue weighted by atomic mass is 10.0. The van der Waals surface area contributed by atoms with Gasteiger partial charge in [0, 0.05) is 11.8 Å². The molecule has 2 unspecified atom stereocenters. The fourth-order valence-corrected chi connectivity index (χ4v) is 4.88. The number of nitrogens with one attached hydrogen (secondary N) is 1. The smallest absolute Gasteiger partial charge is 0.0769 e. The molecule has 2 nitrogen and oxygen atoms in total. The summed E-state index contributed by atoms with van der Waals surface area (Å²) in [7, 11) is -0.683. The van der Waals surface area contributed by atoms with Crippen molar-refractivity contribution in [1.82, 2.24) is 5.32 Å². The molecule has 0 bridgehead atoms. The van der Waals surface area contributed by atoms with Crippen molar-refractivity contribution >= 4 is 10.0 Å². The molecule has 1 aliphatic rings. The van der Waals surface area contributed by atoms with Crippen LogP contribution in [-0.2, 0) is 0 Å². The largest absolute Gasteiger partial charge is 0.391 e. The molecule has 0 amide bonds. The van der Waals surface area contributed by atoms with Crippen molar-refractivity contribution in [3.63, 3.8) is 0 Å². The molecule has 0 aromatic rings. The van der Waals surface area contributed by atoms with Gasteiger partial charge in [0.1, 0.15) is 0 Å². The third kappa shape index (κ3) is 2.89. The number of aliphatic hydroxyl groups is 1. The van der Waals surface area contributed by atoms with Crippen molar-refractivity contribution < 1.29 is 5.11 Å². The maximum absolute atomic E-state index is 10.2. The lowest BCUT2D eigenvalue weighted by Gasteiger charge is -2.47. The van der Waals surface area contributed by atoms with Crippen LogP contribution in [-0.4, -0.2) is 46.3 Å². The van der Waals surface area contributed by atoms with Crippen molar-refractivity contribution in [2.45, 2.75) is 56.8 Å². The average Bonchev–Trinajstić information content (AvgIpc) is 1.99. The van der Waals surface area contributed by atoms with Crippen LogP contribution in [0.4, 0.5) is 0 Å². The van der Waals surface area contributed by atoms with Gasteiger partial charge in [-0.15, -0.1) is 0 Å². The first-order chi connectivity index (χ1) is 6.88. The van der Waals surface area contributed by atoms with E-state index in [-0.39, 0.29) is 6.10 Å². The van der Waals surface area contributed by atoms with E-state index in [9.17, 15) is 5.11 Å². The van der Waals surface area contributed by atoms with E-state index in [1.54, 1.807) is 0 Å². The highest BCUT2D eigenvalue weighted by Gasteiger charge is 2.33. The Morgan fingerprint density at radius 3 is 2.00 bits per heavy atom. The van der Waals surface area contributed by atoms with Gasteiger partial charge >= 0.3 is 0 Å². The zero-order chi connectivity index (χ0) is 11.6. The maximum atomic E-state index is 10.2. The van der Waals surface area contributed by atoms with Crippen molar-refractivity contribution in [1.29, 1.82) is 0 Å². The van der Waals surface area contributed by atoms with Gasteiger partial charge in [-0.3, -0.25) is 0 Å². The summed E-state index contributed by atoms with van der Waals surface area (Å²) < 4.78 is 0. The number of hydrogen-bond acceptors (Lipinski definition) is 2. The Balaban J connectivity index is 2.57. The minimum absolute atomic E-state index is 0.136. The minimum Gasteiger partial charge on any atom is -0.391 e. The first kappa shape index (κ1) is 13.3. The molecule has 0 aromatic carbocycles. The lowest BCUT2D eigenvalue weighted by Crippen LogP contribution is -2.53. The molecule has 1 aliphatic heterocycles. The predicted molar refractivity (Wildman–Crippen MR) is 71.1 cm³/mol. The molecule has 92 valence electrons.